The predicted octanol–water partition coefficient (Wildman–Crippen LogP) is 3.51. The molecule has 0 unspecified atom stereocenters. The Bertz CT molecular complexity index is 804. The molecule has 7 heteroatoms. The number of carbonyl (C=O) groups is 1. The van der Waals surface area contributed by atoms with Gasteiger partial charge in [-0.2, -0.15) is 0 Å². The van der Waals surface area contributed by atoms with Crippen LogP contribution < -0.4 is 11.1 Å². The minimum atomic E-state index is -0.686. The molecule has 1 aliphatic rings. The Hall–Kier alpha value is -2.28. The van der Waals surface area contributed by atoms with Crippen LogP contribution in [0.4, 0.5) is 10.1 Å². The van der Waals surface area contributed by atoms with Crippen molar-refractivity contribution in [1.82, 2.24) is 14.8 Å². The number of halogens is 1. The summed E-state index contributed by atoms with van der Waals surface area (Å²) in [6, 6.07) is 4.69. The number of amides is 1. The van der Waals surface area contributed by atoms with Gasteiger partial charge >= 0.3 is 0 Å². The normalized spacial score (nSPS) is 14.5. The Balaban J connectivity index is 1.92. The van der Waals surface area contributed by atoms with Crippen LogP contribution in [0.5, 0.6) is 0 Å². The van der Waals surface area contributed by atoms with Crippen molar-refractivity contribution in [3.63, 3.8) is 0 Å². The zero-order chi connectivity index (χ0) is 19.4. The molecular formula is C20H28FN5O. The van der Waals surface area contributed by atoms with Gasteiger partial charge in [0.2, 0.25) is 5.91 Å². The van der Waals surface area contributed by atoms with Gasteiger partial charge in [0.25, 0.3) is 0 Å². The zero-order valence-electron chi connectivity index (χ0n) is 16.1. The highest BCUT2D eigenvalue weighted by molar-refractivity contribution is 5.96. The number of aromatic nitrogens is 3. The lowest BCUT2D eigenvalue weighted by molar-refractivity contribution is -0.125. The summed E-state index contributed by atoms with van der Waals surface area (Å²) in [4.78, 5) is 12.8. The maximum absolute atomic E-state index is 14.4. The Morgan fingerprint density at radius 1 is 1.26 bits per heavy atom. The first kappa shape index (κ1) is 19.5. The minimum Gasteiger partial charge on any atom is -0.329 e. The number of carbonyl (C=O) groups excluding carboxylic acids is 1. The highest BCUT2D eigenvalue weighted by Crippen LogP contribution is 2.30. The van der Waals surface area contributed by atoms with Crippen molar-refractivity contribution in [2.45, 2.75) is 58.9 Å². The van der Waals surface area contributed by atoms with E-state index in [1.807, 2.05) is 13.8 Å². The second kappa shape index (κ2) is 8.17. The first-order chi connectivity index (χ1) is 13.0. The van der Waals surface area contributed by atoms with Gasteiger partial charge in [-0.25, -0.2) is 4.39 Å². The Morgan fingerprint density at radius 3 is 2.74 bits per heavy atom. The standard InChI is InChI=1S/C20H28FN5O/c1-3-20(4-2,13-22)19(27)23-16-12-14(9-10-15(16)21)18-25-24-17-8-6-5-7-11-26(17)18/h9-10,12H,3-8,11,13,22H2,1-2H3,(H,23,27). The molecule has 0 saturated heterocycles. The topological polar surface area (TPSA) is 85.8 Å². The summed E-state index contributed by atoms with van der Waals surface area (Å²) in [5.41, 5.74) is 6.06. The van der Waals surface area contributed by atoms with Crippen LogP contribution >= 0.6 is 0 Å². The average Bonchev–Trinajstić information content (AvgIpc) is 2.93. The Morgan fingerprint density at radius 2 is 2.04 bits per heavy atom. The molecule has 1 amide bonds. The number of fused-ring (bicyclic) bond motifs is 1. The molecule has 6 nitrogen and oxygen atoms in total. The van der Waals surface area contributed by atoms with E-state index in [4.69, 9.17) is 5.73 Å². The summed E-state index contributed by atoms with van der Waals surface area (Å²) in [5.74, 6) is 0.974. The molecular weight excluding hydrogens is 345 g/mol. The molecule has 0 spiro atoms. The molecule has 0 atom stereocenters. The van der Waals surface area contributed by atoms with Crippen molar-refractivity contribution in [3.05, 3.63) is 29.8 Å². The van der Waals surface area contributed by atoms with E-state index in [0.29, 0.717) is 12.8 Å². The van der Waals surface area contributed by atoms with Crippen molar-refractivity contribution in [2.24, 2.45) is 11.1 Å². The number of rotatable bonds is 6. The van der Waals surface area contributed by atoms with Gasteiger partial charge in [-0.15, -0.1) is 10.2 Å². The molecule has 1 aromatic heterocycles. The second-order valence-electron chi connectivity index (χ2n) is 7.24. The summed E-state index contributed by atoms with van der Waals surface area (Å²) < 4.78 is 16.5. The molecule has 1 aromatic carbocycles. The molecule has 0 bridgehead atoms. The van der Waals surface area contributed by atoms with Crippen LogP contribution in [0.25, 0.3) is 11.4 Å². The molecule has 0 fully saturated rings. The molecule has 3 N–H and O–H groups in total. The number of nitrogens with zero attached hydrogens (tertiary/aromatic N) is 3. The maximum Gasteiger partial charge on any atom is 0.231 e. The van der Waals surface area contributed by atoms with E-state index in [-0.39, 0.29) is 18.1 Å². The minimum absolute atomic E-state index is 0.156. The third-order valence-corrected chi connectivity index (χ3v) is 5.81. The van der Waals surface area contributed by atoms with Crippen molar-refractivity contribution < 1.29 is 9.18 Å². The van der Waals surface area contributed by atoms with E-state index >= 15 is 0 Å². The van der Waals surface area contributed by atoms with E-state index < -0.39 is 11.2 Å². The van der Waals surface area contributed by atoms with E-state index in [1.54, 1.807) is 12.1 Å². The summed E-state index contributed by atoms with van der Waals surface area (Å²) in [5, 5.41) is 11.4. The van der Waals surface area contributed by atoms with E-state index in [9.17, 15) is 9.18 Å². The van der Waals surface area contributed by atoms with Crippen LogP contribution in [0.2, 0.25) is 0 Å². The van der Waals surface area contributed by atoms with Crippen LogP contribution in [-0.2, 0) is 17.8 Å². The Kier molecular flexibility index (Phi) is 5.89. The van der Waals surface area contributed by atoms with Gasteiger partial charge in [0.05, 0.1) is 11.1 Å². The first-order valence-corrected chi connectivity index (χ1v) is 9.78. The summed E-state index contributed by atoms with van der Waals surface area (Å²) >= 11 is 0. The quantitative estimate of drug-likeness (QED) is 0.811. The summed E-state index contributed by atoms with van der Waals surface area (Å²) in [6.07, 6.45) is 5.47. The van der Waals surface area contributed by atoms with Crippen molar-refractivity contribution in [1.29, 1.82) is 0 Å². The van der Waals surface area contributed by atoms with E-state index in [0.717, 1.165) is 43.0 Å². The second-order valence-corrected chi connectivity index (χ2v) is 7.24. The number of aryl methyl sites for hydroxylation is 1. The Labute approximate surface area is 159 Å². The fourth-order valence-electron chi connectivity index (χ4n) is 3.67. The third kappa shape index (κ3) is 3.74. The van der Waals surface area contributed by atoms with Gasteiger partial charge in [0, 0.05) is 25.1 Å². The monoisotopic (exact) mass is 373 g/mol. The molecule has 0 saturated carbocycles. The molecule has 27 heavy (non-hydrogen) atoms. The first-order valence-electron chi connectivity index (χ1n) is 9.78. The van der Waals surface area contributed by atoms with Crippen LogP contribution in [-0.4, -0.2) is 27.2 Å². The van der Waals surface area contributed by atoms with E-state index in [1.165, 1.54) is 12.5 Å². The predicted molar refractivity (Wildman–Crippen MR) is 104 cm³/mol. The van der Waals surface area contributed by atoms with Gasteiger partial charge in [0.1, 0.15) is 11.6 Å². The number of benzene rings is 1. The SMILES string of the molecule is CCC(CC)(CN)C(=O)Nc1cc(-c2nnc3n2CCCCC3)ccc1F. The fraction of sp³-hybridized carbons (Fsp3) is 0.550. The molecule has 3 rings (SSSR count). The van der Waals surface area contributed by atoms with Crippen LogP contribution in [0.1, 0.15) is 51.8 Å². The highest BCUT2D eigenvalue weighted by Gasteiger charge is 2.33. The largest absolute Gasteiger partial charge is 0.329 e. The number of anilines is 1. The summed E-state index contributed by atoms with van der Waals surface area (Å²) in [7, 11) is 0. The van der Waals surface area contributed by atoms with Gasteiger partial charge in [0.15, 0.2) is 5.82 Å². The fourth-order valence-corrected chi connectivity index (χ4v) is 3.67. The lowest BCUT2D eigenvalue weighted by atomic mass is 9.81. The van der Waals surface area contributed by atoms with Crippen LogP contribution in [0, 0.1) is 11.2 Å². The number of nitrogens with one attached hydrogen (secondary N) is 1. The maximum atomic E-state index is 14.4. The molecule has 0 radical (unpaired) electrons. The van der Waals surface area contributed by atoms with Gasteiger partial charge in [-0.1, -0.05) is 20.3 Å². The van der Waals surface area contributed by atoms with Gasteiger partial charge in [-0.3, -0.25) is 4.79 Å². The molecule has 0 aliphatic carbocycles. The summed E-state index contributed by atoms with van der Waals surface area (Å²) in [6.45, 7) is 4.94. The molecule has 2 aromatic rings. The van der Waals surface area contributed by atoms with Crippen LogP contribution in [0.15, 0.2) is 18.2 Å². The number of hydrogen-bond acceptors (Lipinski definition) is 4. The zero-order valence-corrected chi connectivity index (χ0v) is 16.1. The molecule has 1 aliphatic heterocycles. The van der Waals surface area contributed by atoms with Crippen molar-refractivity contribution >= 4 is 11.6 Å². The molecule has 146 valence electrons. The number of nitrogens with two attached hydrogens (primary N) is 1. The average molecular weight is 373 g/mol. The lowest BCUT2D eigenvalue weighted by Gasteiger charge is -2.28. The van der Waals surface area contributed by atoms with Gasteiger partial charge < -0.3 is 15.6 Å². The third-order valence-electron chi connectivity index (χ3n) is 5.81. The van der Waals surface area contributed by atoms with E-state index in [2.05, 4.69) is 20.1 Å². The smallest absolute Gasteiger partial charge is 0.231 e. The van der Waals surface area contributed by atoms with Crippen molar-refractivity contribution in [3.8, 4) is 11.4 Å². The lowest BCUT2D eigenvalue weighted by Crippen LogP contribution is -2.41. The number of hydrogen-bond donors (Lipinski definition) is 2. The van der Waals surface area contributed by atoms with Gasteiger partial charge in [-0.05, 0) is 43.9 Å². The highest BCUT2D eigenvalue weighted by atomic mass is 19.1. The van der Waals surface area contributed by atoms with Crippen LogP contribution in [0.3, 0.4) is 0 Å². The molecule has 2 heterocycles. The van der Waals surface area contributed by atoms with Crippen molar-refractivity contribution in [2.75, 3.05) is 11.9 Å².